The third-order valence-electron chi connectivity index (χ3n) is 4.53. The van der Waals surface area contributed by atoms with Crippen LogP contribution in [0.1, 0.15) is 13.8 Å². The number of benzene rings is 1. The van der Waals surface area contributed by atoms with E-state index in [9.17, 15) is 14.4 Å². The lowest BCUT2D eigenvalue weighted by molar-refractivity contribution is -0.137. The summed E-state index contributed by atoms with van der Waals surface area (Å²) in [5.74, 6) is -1.06. The molecule has 9 heteroatoms. The lowest BCUT2D eigenvalue weighted by Gasteiger charge is -2.28. The van der Waals surface area contributed by atoms with E-state index in [-0.39, 0.29) is 30.2 Å². The van der Waals surface area contributed by atoms with Crippen molar-refractivity contribution in [2.75, 3.05) is 49.7 Å². The number of nitrogens with one attached hydrogen (secondary N) is 1. The molecule has 0 spiro atoms. The average molecular weight is 420 g/mol. The number of carbonyl (C=O) groups is 3. The molecule has 0 saturated carbocycles. The maximum atomic E-state index is 12.5. The minimum atomic E-state index is -0.527. The van der Waals surface area contributed by atoms with Gasteiger partial charge in [0.15, 0.2) is 0 Å². The lowest BCUT2D eigenvalue weighted by Crippen LogP contribution is -2.36. The van der Waals surface area contributed by atoms with Crippen molar-refractivity contribution in [2.24, 2.45) is 0 Å². The van der Waals surface area contributed by atoms with Crippen molar-refractivity contribution >= 4 is 40.9 Å². The van der Waals surface area contributed by atoms with Crippen molar-refractivity contribution in [3.63, 3.8) is 0 Å². The number of carbonyl (C=O) groups excluding carboxylic acids is 3. The van der Waals surface area contributed by atoms with Gasteiger partial charge in [-0.25, -0.2) is 4.79 Å². The zero-order valence-corrected chi connectivity index (χ0v) is 17.4. The molecule has 1 aromatic carbocycles. The van der Waals surface area contributed by atoms with E-state index >= 15 is 0 Å². The minimum absolute atomic E-state index is 0.160. The molecule has 29 heavy (non-hydrogen) atoms. The van der Waals surface area contributed by atoms with Gasteiger partial charge >= 0.3 is 5.97 Å². The van der Waals surface area contributed by atoms with Gasteiger partial charge in [0, 0.05) is 24.5 Å². The lowest BCUT2D eigenvalue weighted by atomic mass is 10.2. The molecule has 2 aliphatic rings. The number of hydrogen-bond acceptors (Lipinski definition) is 7. The highest BCUT2D eigenvalue weighted by molar-refractivity contribution is 8.04. The van der Waals surface area contributed by atoms with Crippen LogP contribution in [0.15, 0.2) is 35.4 Å². The Labute approximate surface area is 174 Å². The highest BCUT2D eigenvalue weighted by atomic mass is 32.2. The zero-order valence-electron chi connectivity index (χ0n) is 16.6. The van der Waals surface area contributed by atoms with Crippen LogP contribution in [0, 0.1) is 0 Å². The summed E-state index contributed by atoms with van der Waals surface area (Å²) in [5.41, 5.74) is 1.72. The van der Waals surface area contributed by atoms with Crippen molar-refractivity contribution < 1.29 is 23.9 Å². The summed E-state index contributed by atoms with van der Waals surface area (Å²) in [6.45, 7) is 6.64. The van der Waals surface area contributed by atoms with E-state index in [1.54, 1.807) is 13.8 Å². The van der Waals surface area contributed by atoms with Crippen LogP contribution >= 0.6 is 11.8 Å². The average Bonchev–Trinajstić information content (AvgIpc) is 2.96. The fourth-order valence-electron chi connectivity index (χ4n) is 3.10. The molecule has 1 atom stereocenters. The largest absolute Gasteiger partial charge is 0.463 e. The zero-order chi connectivity index (χ0) is 20.8. The van der Waals surface area contributed by atoms with Crippen LogP contribution < -0.4 is 10.2 Å². The molecule has 8 nitrogen and oxygen atoms in total. The molecule has 0 aromatic heterocycles. The molecule has 2 saturated heterocycles. The normalized spacial score (nSPS) is 20.8. The van der Waals surface area contributed by atoms with Crippen LogP contribution in [0.3, 0.4) is 0 Å². The van der Waals surface area contributed by atoms with Gasteiger partial charge in [0.25, 0.3) is 0 Å². The number of hydrogen-bond donors (Lipinski definition) is 1. The highest BCUT2D eigenvalue weighted by Gasteiger charge is 2.35. The predicted octanol–water partition coefficient (Wildman–Crippen LogP) is 1.83. The molecule has 2 amide bonds. The number of nitrogens with zero attached hydrogens (tertiary/aromatic N) is 2. The summed E-state index contributed by atoms with van der Waals surface area (Å²) in [5, 5.41) is 2.88. The smallest absolute Gasteiger partial charge is 0.333 e. The van der Waals surface area contributed by atoms with E-state index in [0.717, 1.165) is 18.8 Å². The van der Waals surface area contributed by atoms with Crippen molar-refractivity contribution in [3.8, 4) is 0 Å². The van der Waals surface area contributed by atoms with Gasteiger partial charge < -0.3 is 19.7 Å². The van der Waals surface area contributed by atoms with E-state index in [1.165, 1.54) is 22.7 Å². The van der Waals surface area contributed by atoms with Crippen LogP contribution in [0.5, 0.6) is 0 Å². The molecule has 2 fully saturated rings. The second-order valence-electron chi connectivity index (χ2n) is 6.61. The Morgan fingerprint density at radius 1 is 1.28 bits per heavy atom. The number of ether oxygens (including phenoxy) is 2. The Hall–Kier alpha value is -2.52. The molecule has 2 heterocycles. The Bertz CT molecular complexity index is 790. The van der Waals surface area contributed by atoms with Crippen LogP contribution in [-0.4, -0.2) is 67.4 Å². The first-order valence-corrected chi connectivity index (χ1v) is 10.4. The molecule has 1 aromatic rings. The molecular formula is C20H25N3O5S. The van der Waals surface area contributed by atoms with E-state index in [1.807, 2.05) is 24.3 Å². The van der Waals surface area contributed by atoms with Crippen molar-refractivity contribution in [2.45, 2.75) is 19.1 Å². The first-order chi connectivity index (χ1) is 14.0. The summed E-state index contributed by atoms with van der Waals surface area (Å²) >= 11 is 1.24. The van der Waals surface area contributed by atoms with Crippen LogP contribution in [0.4, 0.5) is 11.4 Å². The molecule has 2 aliphatic heterocycles. The van der Waals surface area contributed by atoms with Gasteiger partial charge in [-0.3, -0.25) is 14.5 Å². The quantitative estimate of drug-likeness (QED) is 0.556. The van der Waals surface area contributed by atoms with Crippen molar-refractivity contribution in [1.82, 2.24) is 4.90 Å². The highest BCUT2D eigenvalue weighted by Crippen LogP contribution is 2.34. The number of anilines is 2. The predicted molar refractivity (Wildman–Crippen MR) is 112 cm³/mol. The van der Waals surface area contributed by atoms with Crippen LogP contribution in [0.25, 0.3) is 0 Å². The van der Waals surface area contributed by atoms with Crippen molar-refractivity contribution in [3.05, 3.63) is 35.4 Å². The van der Waals surface area contributed by atoms with Gasteiger partial charge in [-0.05, 0) is 38.1 Å². The third kappa shape index (κ3) is 5.51. The summed E-state index contributed by atoms with van der Waals surface area (Å²) in [6, 6.07) is 7.57. The number of esters is 1. The number of thioether (sulfide) groups is 1. The summed E-state index contributed by atoms with van der Waals surface area (Å²) in [6.07, 6.45) is 1.26. The van der Waals surface area contributed by atoms with Crippen LogP contribution in [0.2, 0.25) is 0 Å². The fraction of sp³-hybridized carbons (Fsp3) is 0.450. The minimum Gasteiger partial charge on any atom is -0.463 e. The molecular weight excluding hydrogens is 394 g/mol. The van der Waals surface area contributed by atoms with Gasteiger partial charge in [0.1, 0.15) is 6.54 Å². The Morgan fingerprint density at radius 3 is 2.62 bits per heavy atom. The Morgan fingerprint density at radius 2 is 1.97 bits per heavy atom. The fourth-order valence-corrected chi connectivity index (χ4v) is 4.13. The van der Waals surface area contributed by atoms with E-state index in [4.69, 9.17) is 9.47 Å². The number of rotatable bonds is 6. The summed E-state index contributed by atoms with van der Waals surface area (Å²) in [4.78, 5) is 40.1. The Kier molecular flexibility index (Phi) is 7.16. The first-order valence-electron chi connectivity index (χ1n) is 9.57. The van der Waals surface area contributed by atoms with E-state index < -0.39 is 5.97 Å². The number of amides is 2. The molecule has 1 N–H and O–H groups in total. The second kappa shape index (κ2) is 9.80. The van der Waals surface area contributed by atoms with Gasteiger partial charge in [-0.1, -0.05) is 11.8 Å². The van der Waals surface area contributed by atoms with Gasteiger partial charge in [0.2, 0.25) is 11.8 Å². The molecule has 0 radical (unpaired) electrons. The SMILES string of the molecule is CCOC(=O)/C=C1\S[C@@H](C)C(=O)N1CC(=O)Nc1ccc(N2CCOCC2)cc1. The summed E-state index contributed by atoms with van der Waals surface area (Å²) < 4.78 is 10.3. The van der Waals surface area contributed by atoms with Gasteiger partial charge in [-0.2, -0.15) is 0 Å². The Balaban J connectivity index is 1.61. The molecule has 156 valence electrons. The first kappa shape index (κ1) is 21.2. The third-order valence-corrected chi connectivity index (χ3v) is 5.67. The topological polar surface area (TPSA) is 88.2 Å². The van der Waals surface area contributed by atoms with Gasteiger partial charge in [-0.15, -0.1) is 0 Å². The monoisotopic (exact) mass is 419 g/mol. The second-order valence-corrected chi connectivity index (χ2v) is 7.97. The molecule has 0 aliphatic carbocycles. The number of morpholine rings is 1. The van der Waals surface area contributed by atoms with E-state index in [2.05, 4.69) is 10.2 Å². The summed E-state index contributed by atoms with van der Waals surface area (Å²) in [7, 11) is 0. The maximum absolute atomic E-state index is 12.5. The molecule has 0 bridgehead atoms. The molecule has 3 rings (SSSR count). The van der Waals surface area contributed by atoms with Crippen LogP contribution in [-0.2, 0) is 23.9 Å². The van der Waals surface area contributed by atoms with Gasteiger partial charge in [0.05, 0.1) is 36.2 Å². The standard InChI is InChI=1S/C20H25N3O5S/c1-3-28-19(25)12-18-23(20(26)14(2)29-18)13-17(24)21-15-4-6-16(7-5-15)22-8-10-27-11-9-22/h4-7,12,14H,3,8-11,13H2,1-2H3,(H,21,24)/b18-12-/t14-/m0/s1. The van der Waals surface area contributed by atoms with E-state index in [0.29, 0.717) is 23.9 Å². The van der Waals surface area contributed by atoms with Crippen molar-refractivity contribution in [1.29, 1.82) is 0 Å². The molecule has 0 unspecified atom stereocenters. The maximum Gasteiger partial charge on any atom is 0.333 e.